The van der Waals surface area contributed by atoms with Crippen LogP contribution in [0, 0.1) is 5.92 Å². The topological polar surface area (TPSA) is 80.1 Å². The summed E-state index contributed by atoms with van der Waals surface area (Å²) in [5.41, 5.74) is 0. The lowest BCUT2D eigenvalue weighted by atomic mass is 10.0. The molecule has 2 amide bonds. The number of rotatable bonds is 4. The van der Waals surface area contributed by atoms with Crippen LogP contribution in [-0.4, -0.2) is 43.6 Å². The average Bonchev–Trinajstić information content (AvgIpc) is 3.17. The minimum Gasteiger partial charge on any atom is -0.342 e. The normalized spacial score (nSPS) is 26.4. The predicted octanol–water partition coefficient (Wildman–Crippen LogP) is 0.484. The number of nitrogens with zero attached hydrogens (tertiary/aromatic N) is 4. The number of carbonyl (C=O) groups is 2. The van der Waals surface area contributed by atoms with E-state index in [2.05, 4.69) is 15.4 Å². The van der Waals surface area contributed by atoms with Crippen LogP contribution in [0.4, 0.5) is 0 Å². The van der Waals surface area contributed by atoms with E-state index in [0.29, 0.717) is 12.5 Å². The van der Waals surface area contributed by atoms with Crippen LogP contribution in [0.5, 0.6) is 0 Å². The third-order valence-corrected chi connectivity index (χ3v) is 4.24. The van der Waals surface area contributed by atoms with E-state index in [1.54, 1.807) is 16.5 Å². The number of hydrogen-bond acceptors (Lipinski definition) is 4. The molecule has 1 saturated heterocycles. The molecule has 1 aliphatic carbocycles. The lowest BCUT2D eigenvalue weighted by Crippen LogP contribution is -2.62. The zero-order valence-corrected chi connectivity index (χ0v) is 12.6. The summed E-state index contributed by atoms with van der Waals surface area (Å²) in [6.45, 7) is 6.11. The largest absolute Gasteiger partial charge is 0.342 e. The Balaban J connectivity index is 1.82. The summed E-state index contributed by atoms with van der Waals surface area (Å²) >= 11 is 0. The first-order valence-electron chi connectivity index (χ1n) is 7.48. The molecule has 2 atom stereocenters. The quantitative estimate of drug-likeness (QED) is 0.875. The van der Waals surface area contributed by atoms with Crippen molar-refractivity contribution in [2.45, 2.75) is 58.3 Å². The molecule has 1 N–H and O–H groups in total. The number of piperazine rings is 1. The number of amides is 2. The maximum Gasteiger partial charge on any atom is 0.246 e. The second-order valence-electron chi connectivity index (χ2n) is 6.18. The highest BCUT2D eigenvalue weighted by molar-refractivity contribution is 5.97. The van der Waals surface area contributed by atoms with Gasteiger partial charge in [-0.1, -0.05) is 0 Å². The second kappa shape index (κ2) is 5.13. The summed E-state index contributed by atoms with van der Waals surface area (Å²) in [5, 5.41) is 7.04. The summed E-state index contributed by atoms with van der Waals surface area (Å²) < 4.78 is 1.79. The molecular formula is C14H21N5O2. The highest BCUT2D eigenvalue weighted by atomic mass is 16.2. The van der Waals surface area contributed by atoms with Crippen LogP contribution < -0.4 is 5.32 Å². The predicted molar refractivity (Wildman–Crippen MR) is 75.1 cm³/mol. The van der Waals surface area contributed by atoms with E-state index in [1.807, 2.05) is 13.8 Å². The molecule has 7 nitrogen and oxygen atoms in total. The van der Waals surface area contributed by atoms with Crippen molar-refractivity contribution in [2.75, 3.05) is 0 Å². The van der Waals surface area contributed by atoms with Crippen molar-refractivity contribution >= 4 is 11.8 Å². The van der Waals surface area contributed by atoms with Gasteiger partial charge in [-0.15, -0.1) is 0 Å². The van der Waals surface area contributed by atoms with Crippen molar-refractivity contribution < 1.29 is 9.59 Å². The van der Waals surface area contributed by atoms with Crippen molar-refractivity contribution in [3.63, 3.8) is 0 Å². The zero-order valence-electron chi connectivity index (χ0n) is 12.6. The van der Waals surface area contributed by atoms with E-state index in [4.69, 9.17) is 0 Å². The van der Waals surface area contributed by atoms with Crippen LogP contribution in [0.15, 0.2) is 6.33 Å². The molecule has 2 heterocycles. The van der Waals surface area contributed by atoms with Crippen molar-refractivity contribution in [1.82, 2.24) is 25.0 Å². The molecule has 2 aliphatic rings. The smallest absolute Gasteiger partial charge is 0.246 e. The molecule has 2 fully saturated rings. The zero-order chi connectivity index (χ0) is 15.1. The van der Waals surface area contributed by atoms with Gasteiger partial charge in [0.25, 0.3) is 0 Å². The molecule has 2 unspecified atom stereocenters. The van der Waals surface area contributed by atoms with Crippen molar-refractivity contribution in [3.8, 4) is 0 Å². The highest BCUT2D eigenvalue weighted by Crippen LogP contribution is 2.35. The monoisotopic (exact) mass is 291 g/mol. The molecule has 3 rings (SSSR count). The van der Waals surface area contributed by atoms with Gasteiger partial charge < -0.3 is 10.2 Å². The number of hydrogen-bond donors (Lipinski definition) is 1. The van der Waals surface area contributed by atoms with Gasteiger partial charge >= 0.3 is 0 Å². The van der Waals surface area contributed by atoms with Crippen molar-refractivity contribution in [3.05, 3.63) is 12.2 Å². The average molecular weight is 291 g/mol. The Kier molecular flexibility index (Phi) is 3.43. The van der Waals surface area contributed by atoms with Crippen LogP contribution in [0.2, 0.25) is 0 Å². The Labute approximate surface area is 123 Å². The Morgan fingerprint density at radius 1 is 1.38 bits per heavy atom. The van der Waals surface area contributed by atoms with Crippen LogP contribution in [0.25, 0.3) is 0 Å². The maximum absolute atomic E-state index is 12.6. The summed E-state index contributed by atoms with van der Waals surface area (Å²) in [7, 11) is 0. The van der Waals surface area contributed by atoms with Gasteiger partial charge in [0, 0.05) is 6.04 Å². The summed E-state index contributed by atoms with van der Waals surface area (Å²) in [6, 6.07) is -0.653. The first kappa shape index (κ1) is 14.0. The van der Waals surface area contributed by atoms with E-state index in [1.165, 1.54) is 6.33 Å². The lowest BCUT2D eigenvalue weighted by Gasteiger charge is -2.37. The Hall–Kier alpha value is -1.92. The number of nitrogens with one attached hydrogen (secondary N) is 1. The van der Waals surface area contributed by atoms with Gasteiger partial charge in [-0.2, -0.15) is 5.10 Å². The fourth-order valence-corrected chi connectivity index (χ4v) is 2.78. The fraction of sp³-hybridized carbons (Fsp3) is 0.714. The molecule has 21 heavy (non-hydrogen) atoms. The van der Waals surface area contributed by atoms with E-state index >= 15 is 0 Å². The molecule has 1 aromatic rings. The van der Waals surface area contributed by atoms with Gasteiger partial charge in [0.05, 0.1) is 6.54 Å². The minimum absolute atomic E-state index is 0.00269. The van der Waals surface area contributed by atoms with Crippen LogP contribution in [-0.2, 0) is 16.1 Å². The first-order chi connectivity index (χ1) is 9.99. The number of carbonyl (C=O) groups excluding carboxylic acids is 2. The molecule has 0 bridgehead atoms. The van der Waals surface area contributed by atoms with Gasteiger partial charge in [0.2, 0.25) is 11.8 Å². The Bertz CT molecular complexity index is 563. The fourth-order valence-electron chi connectivity index (χ4n) is 2.78. The summed E-state index contributed by atoms with van der Waals surface area (Å²) in [4.78, 5) is 30.6. The Morgan fingerprint density at radius 2 is 2.10 bits per heavy atom. The molecule has 114 valence electrons. The standard InChI is InChI=1S/C14H21N5O2/c1-8(2)19-11(15-7-16-19)6-18-9(3)13(20)17-12(14(18)21)10-4-5-10/h7-10,12H,4-6H2,1-3H3,(H,17,20). The van der Waals surface area contributed by atoms with E-state index in [9.17, 15) is 9.59 Å². The van der Waals surface area contributed by atoms with Gasteiger partial charge in [-0.05, 0) is 39.5 Å². The SMILES string of the molecule is CC1C(=O)NC(C2CC2)C(=O)N1Cc1ncnn1C(C)C. The molecule has 0 aromatic carbocycles. The Morgan fingerprint density at radius 3 is 2.71 bits per heavy atom. The van der Waals surface area contributed by atoms with Crippen LogP contribution >= 0.6 is 0 Å². The van der Waals surface area contributed by atoms with Crippen molar-refractivity contribution in [2.24, 2.45) is 5.92 Å². The first-order valence-corrected chi connectivity index (χ1v) is 7.48. The number of aromatic nitrogens is 3. The van der Waals surface area contributed by atoms with Crippen molar-refractivity contribution in [1.29, 1.82) is 0 Å². The summed E-state index contributed by atoms with van der Waals surface area (Å²) in [6.07, 6.45) is 3.52. The van der Waals surface area contributed by atoms with Gasteiger partial charge in [-0.25, -0.2) is 9.67 Å². The van der Waals surface area contributed by atoms with Crippen LogP contribution in [0.1, 0.15) is 45.5 Å². The third-order valence-electron chi connectivity index (χ3n) is 4.24. The second-order valence-corrected chi connectivity index (χ2v) is 6.18. The maximum atomic E-state index is 12.6. The van der Waals surface area contributed by atoms with E-state index in [0.717, 1.165) is 18.7 Å². The lowest BCUT2D eigenvalue weighted by molar-refractivity contribution is -0.150. The summed E-state index contributed by atoms with van der Waals surface area (Å²) in [5.74, 6) is 0.943. The molecule has 1 aliphatic heterocycles. The van der Waals surface area contributed by atoms with Gasteiger partial charge in [0.1, 0.15) is 24.2 Å². The molecule has 0 radical (unpaired) electrons. The minimum atomic E-state index is -0.468. The van der Waals surface area contributed by atoms with Gasteiger partial charge in [-0.3, -0.25) is 9.59 Å². The molecule has 7 heteroatoms. The third kappa shape index (κ3) is 2.52. The molecule has 1 aromatic heterocycles. The van der Waals surface area contributed by atoms with E-state index < -0.39 is 6.04 Å². The highest BCUT2D eigenvalue weighted by Gasteiger charge is 2.45. The molecular weight excluding hydrogens is 270 g/mol. The van der Waals surface area contributed by atoms with E-state index in [-0.39, 0.29) is 23.9 Å². The van der Waals surface area contributed by atoms with Crippen LogP contribution in [0.3, 0.4) is 0 Å². The molecule has 1 saturated carbocycles. The molecule has 0 spiro atoms. The van der Waals surface area contributed by atoms with Gasteiger partial charge in [0.15, 0.2) is 0 Å².